The van der Waals surface area contributed by atoms with Gasteiger partial charge in [0.05, 0.1) is 23.4 Å². The van der Waals surface area contributed by atoms with Gasteiger partial charge in [0.25, 0.3) is 0 Å². The number of nitrogens with one attached hydrogen (secondary N) is 1. The predicted octanol–water partition coefficient (Wildman–Crippen LogP) is 4.17. The van der Waals surface area contributed by atoms with Gasteiger partial charge in [-0.3, -0.25) is 24.8 Å². The number of hydrogen-bond donors (Lipinski definition) is 1. The second-order valence-corrected chi connectivity index (χ2v) is 11.2. The topological polar surface area (TPSA) is 87.9 Å². The molecular formula is C31H32N4O4S. The molecule has 4 heterocycles. The number of piperazine rings is 1. The molecule has 1 N–H and O–H groups in total. The van der Waals surface area contributed by atoms with Crippen molar-refractivity contribution in [3.05, 3.63) is 94.9 Å². The van der Waals surface area contributed by atoms with Gasteiger partial charge in [0, 0.05) is 56.4 Å². The van der Waals surface area contributed by atoms with Crippen LogP contribution in [0.4, 0.5) is 0 Å². The maximum atomic E-state index is 13.3. The summed E-state index contributed by atoms with van der Waals surface area (Å²) in [5.74, 6) is 1.66. The molecule has 2 aromatic heterocycles. The van der Waals surface area contributed by atoms with Crippen molar-refractivity contribution in [1.82, 2.24) is 20.1 Å². The number of para-hydroxylation sites is 1. The number of rotatable bonds is 8. The summed E-state index contributed by atoms with van der Waals surface area (Å²) in [7, 11) is 0. The van der Waals surface area contributed by atoms with E-state index in [2.05, 4.69) is 15.2 Å². The average molecular weight is 557 g/mol. The minimum Gasteiger partial charge on any atom is -0.486 e. The number of pyridine rings is 1. The number of carbonyl (C=O) groups is 1. The quantitative estimate of drug-likeness (QED) is 0.324. The van der Waals surface area contributed by atoms with Crippen molar-refractivity contribution in [2.75, 3.05) is 45.1 Å². The molecule has 0 radical (unpaired) electrons. The molecule has 2 aliphatic rings. The van der Waals surface area contributed by atoms with Gasteiger partial charge in [-0.1, -0.05) is 48.5 Å². The summed E-state index contributed by atoms with van der Waals surface area (Å²) in [6, 6.07) is 20.7. The highest BCUT2D eigenvalue weighted by atomic mass is 32.2. The van der Waals surface area contributed by atoms with Crippen molar-refractivity contribution in [2.45, 2.75) is 17.8 Å². The van der Waals surface area contributed by atoms with E-state index in [4.69, 9.17) is 9.15 Å². The Balaban J connectivity index is 1.01. The van der Waals surface area contributed by atoms with E-state index in [0.29, 0.717) is 36.4 Å². The zero-order valence-electron chi connectivity index (χ0n) is 22.2. The molecule has 2 saturated heterocycles. The van der Waals surface area contributed by atoms with Crippen molar-refractivity contribution in [1.29, 1.82) is 0 Å². The smallest absolute Gasteiger partial charge is 0.240 e. The van der Waals surface area contributed by atoms with Gasteiger partial charge in [-0.25, -0.2) is 0 Å². The third-order valence-corrected chi connectivity index (χ3v) is 8.68. The van der Waals surface area contributed by atoms with Gasteiger partial charge < -0.3 is 14.1 Å². The first-order valence-corrected chi connectivity index (χ1v) is 14.7. The molecule has 0 spiro atoms. The van der Waals surface area contributed by atoms with Crippen LogP contribution in [0.5, 0.6) is 5.75 Å². The maximum Gasteiger partial charge on any atom is 0.240 e. The van der Waals surface area contributed by atoms with Gasteiger partial charge >= 0.3 is 0 Å². The highest BCUT2D eigenvalue weighted by Gasteiger charge is 2.34. The second-order valence-electron chi connectivity index (χ2n) is 10.0. The summed E-state index contributed by atoms with van der Waals surface area (Å²) in [5, 5.41) is 4.09. The van der Waals surface area contributed by atoms with Crippen molar-refractivity contribution < 1.29 is 13.9 Å². The molecule has 6 rings (SSSR count). The number of fused-ring (bicyclic) bond motifs is 1. The normalized spacial score (nSPS) is 19.6. The van der Waals surface area contributed by atoms with E-state index in [1.807, 2.05) is 65.7 Å². The Kier molecular flexibility index (Phi) is 8.13. The predicted molar refractivity (Wildman–Crippen MR) is 157 cm³/mol. The summed E-state index contributed by atoms with van der Waals surface area (Å²) in [5.41, 5.74) is 2.30. The third kappa shape index (κ3) is 5.77. The van der Waals surface area contributed by atoms with Crippen LogP contribution in [0.1, 0.15) is 17.4 Å². The van der Waals surface area contributed by atoms with Crippen LogP contribution in [-0.2, 0) is 4.79 Å². The molecule has 8 nitrogen and oxygen atoms in total. The van der Waals surface area contributed by atoms with Crippen LogP contribution in [0, 0.1) is 0 Å². The van der Waals surface area contributed by atoms with E-state index in [-0.39, 0.29) is 28.5 Å². The van der Waals surface area contributed by atoms with Gasteiger partial charge in [-0.05, 0) is 30.2 Å². The molecule has 0 saturated carbocycles. The Labute approximate surface area is 237 Å². The molecule has 206 valence electrons. The Morgan fingerprint density at radius 3 is 2.62 bits per heavy atom. The molecule has 4 aromatic rings. The zero-order valence-corrected chi connectivity index (χ0v) is 23.0. The monoisotopic (exact) mass is 556 g/mol. The molecule has 2 aliphatic heterocycles. The Bertz CT molecular complexity index is 1510. The molecule has 9 heteroatoms. The molecule has 2 atom stereocenters. The summed E-state index contributed by atoms with van der Waals surface area (Å²) in [4.78, 5) is 34.9. The SMILES string of the molecule is O=C([C@@H]1CS[C@@H](c2cccnc2)N1)N1CCN(CCCOc2c(-c3ccccc3)oc3ccccc3c2=O)CC1. The van der Waals surface area contributed by atoms with Gasteiger partial charge in [-0.2, -0.15) is 0 Å². The molecule has 2 aromatic carbocycles. The number of thioether (sulfide) groups is 1. The van der Waals surface area contributed by atoms with Gasteiger partial charge in [0.1, 0.15) is 5.58 Å². The highest BCUT2D eigenvalue weighted by Crippen LogP contribution is 2.33. The van der Waals surface area contributed by atoms with Crippen molar-refractivity contribution in [3.63, 3.8) is 0 Å². The first kappa shape index (κ1) is 26.6. The fraction of sp³-hybridized carbons (Fsp3) is 0.323. The highest BCUT2D eigenvalue weighted by molar-refractivity contribution is 7.99. The summed E-state index contributed by atoms with van der Waals surface area (Å²) >= 11 is 1.76. The van der Waals surface area contributed by atoms with Gasteiger partial charge in [0.15, 0.2) is 5.76 Å². The van der Waals surface area contributed by atoms with E-state index in [0.717, 1.165) is 42.9 Å². The lowest BCUT2D eigenvalue weighted by Gasteiger charge is -2.36. The van der Waals surface area contributed by atoms with Crippen molar-refractivity contribution >= 4 is 28.6 Å². The van der Waals surface area contributed by atoms with Crippen LogP contribution in [-0.4, -0.2) is 71.8 Å². The Morgan fingerprint density at radius 1 is 1.02 bits per heavy atom. The maximum absolute atomic E-state index is 13.3. The zero-order chi connectivity index (χ0) is 27.3. The summed E-state index contributed by atoms with van der Waals surface area (Å²) in [6.07, 6.45) is 4.39. The number of amides is 1. The van der Waals surface area contributed by atoms with E-state index in [1.54, 1.807) is 30.1 Å². The lowest BCUT2D eigenvalue weighted by molar-refractivity contribution is -0.134. The van der Waals surface area contributed by atoms with Crippen LogP contribution in [0.15, 0.2) is 88.3 Å². The fourth-order valence-electron chi connectivity index (χ4n) is 5.25. The van der Waals surface area contributed by atoms with Crippen LogP contribution in [0.2, 0.25) is 0 Å². The van der Waals surface area contributed by atoms with Crippen molar-refractivity contribution in [3.8, 4) is 17.1 Å². The van der Waals surface area contributed by atoms with Crippen LogP contribution in [0.25, 0.3) is 22.3 Å². The number of carbonyl (C=O) groups excluding carboxylic acids is 1. The number of hydrogen-bond acceptors (Lipinski definition) is 8. The Hall–Kier alpha value is -3.66. The molecule has 0 unspecified atom stereocenters. The average Bonchev–Trinajstić information content (AvgIpc) is 3.51. The van der Waals surface area contributed by atoms with Gasteiger partial charge in [-0.15, -0.1) is 11.8 Å². The lowest BCUT2D eigenvalue weighted by atomic mass is 10.1. The molecule has 1 amide bonds. The fourth-order valence-corrected chi connectivity index (χ4v) is 6.46. The number of benzene rings is 2. The van der Waals surface area contributed by atoms with Crippen molar-refractivity contribution in [2.24, 2.45) is 0 Å². The molecular weight excluding hydrogens is 524 g/mol. The van der Waals surface area contributed by atoms with E-state index < -0.39 is 0 Å². The third-order valence-electron chi connectivity index (χ3n) is 7.41. The molecule has 0 aliphatic carbocycles. The molecule has 40 heavy (non-hydrogen) atoms. The second kappa shape index (κ2) is 12.2. The minimum atomic E-state index is -0.164. The standard InChI is InChI=1S/C31H32N4O4S/c36-27-24-11-4-5-12-26(24)39-28(22-8-2-1-3-9-22)29(27)38-19-7-14-34-15-17-35(18-16-34)31(37)25-21-40-30(33-25)23-10-6-13-32-20-23/h1-6,8-13,20,25,30,33H,7,14-19,21H2/t25-,30-/m0/s1. The summed E-state index contributed by atoms with van der Waals surface area (Å²) < 4.78 is 12.2. The van der Waals surface area contributed by atoms with E-state index in [1.165, 1.54) is 0 Å². The largest absolute Gasteiger partial charge is 0.486 e. The number of nitrogens with zero attached hydrogens (tertiary/aromatic N) is 3. The van der Waals surface area contributed by atoms with Gasteiger partial charge in [0.2, 0.25) is 17.1 Å². The Morgan fingerprint density at radius 2 is 1.82 bits per heavy atom. The minimum absolute atomic E-state index is 0.108. The molecule has 0 bridgehead atoms. The van der Waals surface area contributed by atoms with Crippen LogP contribution < -0.4 is 15.5 Å². The van der Waals surface area contributed by atoms with Crippen LogP contribution >= 0.6 is 11.8 Å². The summed E-state index contributed by atoms with van der Waals surface area (Å²) in [6.45, 7) is 4.32. The van der Waals surface area contributed by atoms with E-state index in [9.17, 15) is 9.59 Å². The van der Waals surface area contributed by atoms with E-state index >= 15 is 0 Å². The number of aromatic nitrogens is 1. The number of ether oxygens (including phenoxy) is 1. The first-order valence-electron chi connectivity index (χ1n) is 13.7. The molecule has 2 fully saturated rings. The van der Waals surface area contributed by atoms with Crippen LogP contribution in [0.3, 0.4) is 0 Å². The lowest BCUT2D eigenvalue weighted by Crippen LogP contribution is -2.53. The first-order chi connectivity index (χ1) is 19.7.